The molecular formula is C27H33N5O. The molecule has 0 amide bonds. The molecule has 172 valence electrons. The van der Waals surface area contributed by atoms with Crippen molar-refractivity contribution < 1.29 is 4.74 Å². The standard InChI is InChI=1S/C27H33N5O/c1-5-14-32(17-20(3)11-13-28)26-22-12-15-31(18-24(22)29-27(30-26)33-4)25-8-6-7-21-10-9-19(2)16-23(21)25/h6-10,16,20H,5,11-12,14-15,17-18H2,1-4H3. The van der Waals surface area contributed by atoms with E-state index in [1.165, 1.54) is 27.6 Å². The predicted molar refractivity (Wildman–Crippen MR) is 134 cm³/mol. The van der Waals surface area contributed by atoms with Crippen molar-refractivity contribution in [3.05, 3.63) is 53.2 Å². The average molecular weight is 444 g/mol. The van der Waals surface area contributed by atoms with Crippen molar-refractivity contribution in [1.82, 2.24) is 9.97 Å². The van der Waals surface area contributed by atoms with Crippen molar-refractivity contribution in [2.45, 2.75) is 46.6 Å². The van der Waals surface area contributed by atoms with Crippen molar-refractivity contribution in [3.8, 4) is 12.1 Å². The Labute approximate surface area is 196 Å². The lowest BCUT2D eigenvalue weighted by molar-refractivity contribution is 0.376. The maximum Gasteiger partial charge on any atom is 0.318 e. The van der Waals surface area contributed by atoms with Gasteiger partial charge in [0.1, 0.15) is 5.82 Å². The number of hydrogen-bond donors (Lipinski definition) is 0. The summed E-state index contributed by atoms with van der Waals surface area (Å²) in [7, 11) is 1.63. The number of nitrogens with zero attached hydrogens (tertiary/aromatic N) is 5. The number of rotatable bonds is 8. The molecule has 0 bridgehead atoms. The van der Waals surface area contributed by atoms with E-state index in [1.54, 1.807) is 7.11 Å². The summed E-state index contributed by atoms with van der Waals surface area (Å²) in [6, 6.07) is 15.9. The van der Waals surface area contributed by atoms with Gasteiger partial charge in [-0.05, 0) is 43.2 Å². The maximum atomic E-state index is 9.13. The summed E-state index contributed by atoms with van der Waals surface area (Å²) in [6.07, 6.45) is 2.43. The number of fused-ring (bicyclic) bond motifs is 2. The molecule has 0 spiro atoms. The van der Waals surface area contributed by atoms with Crippen LogP contribution in [0.1, 0.15) is 43.5 Å². The van der Waals surface area contributed by atoms with Crippen LogP contribution in [0, 0.1) is 24.2 Å². The van der Waals surface area contributed by atoms with Crippen molar-refractivity contribution >= 4 is 22.3 Å². The second kappa shape index (κ2) is 10.1. The molecular weight excluding hydrogens is 410 g/mol. The van der Waals surface area contributed by atoms with Gasteiger partial charge in [0.2, 0.25) is 0 Å². The molecule has 0 N–H and O–H groups in total. The first kappa shape index (κ1) is 22.8. The molecule has 33 heavy (non-hydrogen) atoms. The Balaban J connectivity index is 1.71. The van der Waals surface area contributed by atoms with Crippen LogP contribution in [-0.4, -0.2) is 36.7 Å². The fourth-order valence-electron chi connectivity index (χ4n) is 4.74. The Morgan fingerprint density at radius 3 is 2.85 bits per heavy atom. The minimum absolute atomic E-state index is 0.275. The molecule has 6 nitrogen and oxygen atoms in total. The molecule has 0 saturated heterocycles. The second-order valence-corrected chi connectivity index (χ2v) is 9.05. The van der Waals surface area contributed by atoms with Gasteiger partial charge in [-0.3, -0.25) is 0 Å². The molecule has 1 unspecified atom stereocenters. The fraction of sp³-hybridized carbons (Fsp3) is 0.444. The minimum atomic E-state index is 0.275. The summed E-state index contributed by atoms with van der Waals surface area (Å²) in [5.41, 5.74) is 4.75. The molecule has 1 atom stereocenters. The van der Waals surface area contributed by atoms with E-state index in [9.17, 15) is 0 Å². The van der Waals surface area contributed by atoms with Crippen molar-refractivity contribution in [1.29, 1.82) is 5.26 Å². The number of ether oxygens (including phenoxy) is 1. The predicted octanol–water partition coefficient (Wildman–Crippen LogP) is 5.28. The summed E-state index contributed by atoms with van der Waals surface area (Å²) in [6.45, 7) is 9.78. The summed E-state index contributed by atoms with van der Waals surface area (Å²) >= 11 is 0. The third-order valence-corrected chi connectivity index (χ3v) is 6.33. The first-order chi connectivity index (χ1) is 16.0. The van der Waals surface area contributed by atoms with Crippen LogP contribution in [0.15, 0.2) is 36.4 Å². The topological polar surface area (TPSA) is 65.3 Å². The van der Waals surface area contributed by atoms with E-state index in [4.69, 9.17) is 20.0 Å². The first-order valence-corrected chi connectivity index (χ1v) is 11.8. The van der Waals surface area contributed by atoms with Crippen LogP contribution >= 0.6 is 0 Å². The van der Waals surface area contributed by atoms with Crippen LogP contribution in [-0.2, 0) is 13.0 Å². The van der Waals surface area contributed by atoms with Gasteiger partial charge in [0, 0.05) is 42.7 Å². The molecule has 0 radical (unpaired) electrons. The molecule has 0 fully saturated rings. The molecule has 1 aromatic heterocycles. The van der Waals surface area contributed by atoms with Crippen LogP contribution in [0.25, 0.3) is 10.8 Å². The van der Waals surface area contributed by atoms with Crippen LogP contribution in [0.4, 0.5) is 11.5 Å². The van der Waals surface area contributed by atoms with Crippen LogP contribution in [0.2, 0.25) is 0 Å². The summed E-state index contributed by atoms with van der Waals surface area (Å²) < 4.78 is 5.51. The Hall–Kier alpha value is -3.33. The molecule has 0 aliphatic carbocycles. The first-order valence-electron chi connectivity index (χ1n) is 11.8. The normalized spacial score (nSPS) is 14.0. The number of aromatic nitrogens is 2. The van der Waals surface area contributed by atoms with Gasteiger partial charge in [0.15, 0.2) is 0 Å². The van der Waals surface area contributed by atoms with Gasteiger partial charge in [0.25, 0.3) is 0 Å². The van der Waals surface area contributed by atoms with E-state index >= 15 is 0 Å². The van der Waals surface area contributed by atoms with Gasteiger partial charge >= 0.3 is 6.01 Å². The molecule has 4 rings (SSSR count). The SMILES string of the molecule is CCCN(CC(C)CC#N)c1nc(OC)nc2c1CCN(c1cccc3ccc(C)cc13)C2. The van der Waals surface area contributed by atoms with Crippen molar-refractivity contribution in [2.24, 2.45) is 5.92 Å². The van der Waals surface area contributed by atoms with Gasteiger partial charge in [0.05, 0.1) is 25.4 Å². The van der Waals surface area contributed by atoms with Gasteiger partial charge in [-0.1, -0.05) is 43.7 Å². The Morgan fingerprint density at radius 1 is 1.24 bits per heavy atom. The van der Waals surface area contributed by atoms with Crippen molar-refractivity contribution in [2.75, 3.05) is 36.5 Å². The van der Waals surface area contributed by atoms with Gasteiger partial charge in [-0.15, -0.1) is 0 Å². The highest BCUT2D eigenvalue weighted by atomic mass is 16.5. The molecule has 0 saturated carbocycles. The monoisotopic (exact) mass is 443 g/mol. The van der Waals surface area contributed by atoms with E-state index in [2.05, 4.69) is 73.0 Å². The number of methoxy groups -OCH3 is 1. The maximum absolute atomic E-state index is 9.13. The zero-order valence-electron chi connectivity index (χ0n) is 20.1. The Morgan fingerprint density at radius 2 is 2.09 bits per heavy atom. The highest BCUT2D eigenvalue weighted by Crippen LogP contribution is 2.34. The van der Waals surface area contributed by atoms with E-state index < -0.39 is 0 Å². The van der Waals surface area contributed by atoms with Crippen LogP contribution < -0.4 is 14.5 Å². The fourth-order valence-corrected chi connectivity index (χ4v) is 4.74. The summed E-state index contributed by atoms with van der Waals surface area (Å²) in [5.74, 6) is 1.24. The third kappa shape index (κ3) is 4.88. The third-order valence-electron chi connectivity index (χ3n) is 6.33. The van der Waals surface area contributed by atoms with E-state index in [-0.39, 0.29) is 5.92 Å². The van der Waals surface area contributed by atoms with Crippen molar-refractivity contribution in [3.63, 3.8) is 0 Å². The lowest BCUT2D eigenvalue weighted by atomic mass is 10.0. The lowest BCUT2D eigenvalue weighted by Gasteiger charge is -2.34. The average Bonchev–Trinajstić information content (AvgIpc) is 2.82. The van der Waals surface area contributed by atoms with E-state index in [0.717, 1.165) is 50.5 Å². The number of benzene rings is 2. The highest BCUT2D eigenvalue weighted by molar-refractivity contribution is 5.94. The van der Waals surface area contributed by atoms with E-state index in [1.807, 2.05) is 0 Å². The van der Waals surface area contributed by atoms with Gasteiger partial charge < -0.3 is 14.5 Å². The number of hydrogen-bond acceptors (Lipinski definition) is 6. The smallest absolute Gasteiger partial charge is 0.318 e. The quantitative estimate of drug-likeness (QED) is 0.472. The molecule has 6 heteroatoms. The van der Waals surface area contributed by atoms with Crippen LogP contribution in [0.5, 0.6) is 6.01 Å². The highest BCUT2D eigenvalue weighted by Gasteiger charge is 2.26. The Kier molecular flexibility index (Phi) is 6.98. The van der Waals surface area contributed by atoms with Crippen LogP contribution in [0.3, 0.4) is 0 Å². The summed E-state index contributed by atoms with van der Waals surface area (Å²) in [4.78, 5) is 14.3. The molecule has 2 aromatic carbocycles. The zero-order valence-corrected chi connectivity index (χ0v) is 20.1. The largest absolute Gasteiger partial charge is 0.467 e. The summed E-state index contributed by atoms with van der Waals surface area (Å²) in [5, 5.41) is 11.7. The molecule has 1 aliphatic rings. The molecule has 1 aliphatic heterocycles. The number of nitriles is 1. The Bertz CT molecular complexity index is 1170. The van der Waals surface area contributed by atoms with Gasteiger partial charge in [-0.2, -0.15) is 15.2 Å². The molecule has 3 aromatic rings. The van der Waals surface area contributed by atoms with Gasteiger partial charge in [-0.25, -0.2) is 0 Å². The second-order valence-electron chi connectivity index (χ2n) is 9.05. The lowest BCUT2D eigenvalue weighted by Crippen LogP contribution is -2.36. The number of aryl methyl sites for hydroxylation is 1. The molecule has 2 heterocycles. The minimum Gasteiger partial charge on any atom is -0.467 e. The zero-order chi connectivity index (χ0) is 23.4. The van der Waals surface area contributed by atoms with E-state index in [0.29, 0.717) is 12.4 Å². The number of anilines is 2.